The summed E-state index contributed by atoms with van der Waals surface area (Å²) in [4.78, 5) is 13.5. The van der Waals surface area contributed by atoms with E-state index >= 15 is 0 Å². The maximum Gasteiger partial charge on any atom is 0.260 e. The van der Waals surface area contributed by atoms with Gasteiger partial charge in [-0.25, -0.2) is 0 Å². The minimum Gasteiger partial charge on any atom is -0.483 e. The van der Waals surface area contributed by atoms with Gasteiger partial charge < -0.3 is 9.64 Å². The Kier molecular flexibility index (Phi) is 7.36. The molecule has 0 aromatic heterocycles. The second kappa shape index (κ2) is 8.51. The number of carbonyl (C=O) groups is 1. The predicted molar refractivity (Wildman–Crippen MR) is 79.7 cm³/mol. The lowest BCUT2D eigenvalue weighted by atomic mass is 10.2. The average Bonchev–Trinajstić information content (AvgIpc) is 2.37. The monoisotopic (exact) mass is 323 g/mol. The first-order valence-electron chi connectivity index (χ1n) is 5.87. The van der Waals surface area contributed by atoms with Crippen molar-refractivity contribution in [2.24, 2.45) is 0 Å². The molecule has 1 aromatic rings. The van der Waals surface area contributed by atoms with E-state index in [0.717, 1.165) is 5.56 Å². The Bertz CT molecular complexity index is 420. The van der Waals surface area contributed by atoms with Crippen LogP contribution in [0.25, 0.3) is 0 Å². The van der Waals surface area contributed by atoms with Gasteiger partial charge in [0, 0.05) is 29.9 Å². The molecular weight excluding hydrogens is 309 g/mol. The molecule has 0 atom stereocenters. The van der Waals surface area contributed by atoms with Crippen LogP contribution in [0.1, 0.15) is 5.56 Å². The lowest BCUT2D eigenvalue weighted by molar-refractivity contribution is -0.132. The van der Waals surface area contributed by atoms with E-state index in [2.05, 4.69) is 0 Å². The molecule has 0 aliphatic carbocycles. The van der Waals surface area contributed by atoms with Gasteiger partial charge in [-0.15, -0.1) is 23.2 Å². The number of hydrogen-bond acceptors (Lipinski definition) is 2. The van der Waals surface area contributed by atoms with Crippen molar-refractivity contribution in [3.05, 3.63) is 28.8 Å². The number of benzene rings is 1. The molecule has 3 nitrogen and oxygen atoms in total. The van der Waals surface area contributed by atoms with Crippen LogP contribution in [0.5, 0.6) is 5.75 Å². The van der Waals surface area contributed by atoms with Crippen molar-refractivity contribution in [2.75, 3.05) is 31.5 Å². The van der Waals surface area contributed by atoms with Crippen LogP contribution in [0.15, 0.2) is 18.2 Å². The van der Waals surface area contributed by atoms with Gasteiger partial charge in [0.15, 0.2) is 6.61 Å². The SMILES string of the molecule is Cc1cc(Cl)ccc1OCC(=O)N(CCCl)CCCl. The second-order valence-electron chi connectivity index (χ2n) is 3.96. The summed E-state index contributed by atoms with van der Waals surface area (Å²) in [6, 6.07) is 5.26. The van der Waals surface area contributed by atoms with Crippen LogP contribution in [0.3, 0.4) is 0 Å². The molecule has 19 heavy (non-hydrogen) atoms. The molecule has 0 spiro atoms. The van der Waals surface area contributed by atoms with E-state index in [1.807, 2.05) is 6.92 Å². The molecule has 1 aromatic carbocycles. The highest BCUT2D eigenvalue weighted by Gasteiger charge is 2.13. The third-order valence-electron chi connectivity index (χ3n) is 2.55. The fourth-order valence-corrected chi connectivity index (χ4v) is 2.21. The van der Waals surface area contributed by atoms with E-state index in [1.54, 1.807) is 23.1 Å². The van der Waals surface area contributed by atoms with Crippen molar-refractivity contribution in [1.29, 1.82) is 0 Å². The molecule has 0 fully saturated rings. The van der Waals surface area contributed by atoms with Crippen LogP contribution in [-0.2, 0) is 4.79 Å². The number of amides is 1. The second-order valence-corrected chi connectivity index (χ2v) is 5.15. The smallest absolute Gasteiger partial charge is 0.260 e. The maximum absolute atomic E-state index is 11.9. The summed E-state index contributed by atoms with van der Waals surface area (Å²) >= 11 is 17.1. The van der Waals surface area contributed by atoms with E-state index in [0.29, 0.717) is 35.6 Å². The normalized spacial score (nSPS) is 10.3. The number of rotatable bonds is 7. The summed E-state index contributed by atoms with van der Waals surface area (Å²) in [5, 5.41) is 0.641. The van der Waals surface area contributed by atoms with Crippen LogP contribution in [0.4, 0.5) is 0 Å². The standard InChI is InChI=1S/C13H16Cl3NO2/c1-10-8-11(16)2-3-12(10)19-9-13(18)17(6-4-14)7-5-15/h2-3,8H,4-7,9H2,1H3. The van der Waals surface area contributed by atoms with E-state index in [1.165, 1.54) is 0 Å². The van der Waals surface area contributed by atoms with Crippen molar-refractivity contribution in [3.63, 3.8) is 0 Å². The van der Waals surface area contributed by atoms with Gasteiger partial charge in [0.05, 0.1) is 0 Å². The molecule has 0 N–H and O–H groups in total. The summed E-state index contributed by atoms with van der Waals surface area (Å²) in [6.07, 6.45) is 0. The van der Waals surface area contributed by atoms with Crippen LogP contribution < -0.4 is 4.74 Å². The molecule has 0 unspecified atom stereocenters. The number of carbonyl (C=O) groups excluding carboxylic acids is 1. The van der Waals surface area contributed by atoms with Crippen molar-refractivity contribution < 1.29 is 9.53 Å². The van der Waals surface area contributed by atoms with Crippen molar-refractivity contribution in [2.45, 2.75) is 6.92 Å². The molecule has 0 aliphatic heterocycles. The number of aryl methyl sites for hydroxylation is 1. The summed E-state index contributed by atoms with van der Waals surface area (Å²) in [5.41, 5.74) is 0.890. The number of halogens is 3. The number of hydrogen-bond donors (Lipinski definition) is 0. The molecule has 1 amide bonds. The summed E-state index contributed by atoms with van der Waals surface area (Å²) in [5.74, 6) is 1.27. The van der Waals surface area contributed by atoms with Gasteiger partial charge in [-0.3, -0.25) is 4.79 Å². The molecule has 106 valence electrons. The van der Waals surface area contributed by atoms with Crippen LogP contribution >= 0.6 is 34.8 Å². The molecule has 0 radical (unpaired) electrons. The van der Waals surface area contributed by atoms with Gasteiger partial charge in [-0.1, -0.05) is 11.6 Å². The predicted octanol–water partition coefficient (Wildman–Crippen LogP) is 3.33. The zero-order chi connectivity index (χ0) is 14.3. The lowest BCUT2D eigenvalue weighted by Gasteiger charge is -2.20. The van der Waals surface area contributed by atoms with E-state index in [9.17, 15) is 4.79 Å². The summed E-state index contributed by atoms with van der Waals surface area (Å²) in [6.45, 7) is 2.78. The molecular formula is C13H16Cl3NO2. The first kappa shape index (κ1) is 16.4. The molecule has 0 bridgehead atoms. The zero-order valence-electron chi connectivity index (χ0n) is 10.7. The fourth-order valence-electron chi connectivity index (χ4n) is 1.57. The van der Waals surface area contributed by atoms with Crippen molar-refractivity contribution in [3.8, 4) is 5.75 Å². The Morgan fingerprint density at radius 3 is 2.42 bits per heavy atom. The van der Waals surface area contributed by atoms with Gasteiger partial charge >= 0.3 is 0 Å². The van der Waals surface area contributed by atoms with Crippen LogP contribution in [0, 0.1) is 6.92 Å². The number of ether oxygens (including phenoxy) is 1. The Balaban J connectivity index is 2.56. The van der Waals surface area contributed by atoms with Gasteiger partial charge in [0.2, 0.25) is 0 Å². The van der Waals surface area contributed by atoms with Gasteiger partial charge in [-0.2, -0.15) is 0 Å². The van der Waals surface area contributed by atoms with Gasteiger partial charge in [-0.05, 0) is 30.7 Å². The Morgan fingerprint density at radius 2 is 1.89 bits per heavy atom. The van der Waals surface area contributed by atoms with Crippen molar-refractivity contribution in [1.82, 2.24) is 4.90 Å². The van der Waals surface area contributed by atoms with Gasteiger partial charge in [0.25, 0.3) is 5.91 Å². The van der Waals surface area contributed by atoms with E-state index in [-0.39, 0.29) is 12.5 Å². The lowest BCUT2D eigenvalue weighted by Crippen LogP contribution is -2.37. The highest BCUT2D eigenvalue weighted by Crippen LogP contribution is 2.21. The third-order valence-corrected chi connectivity index (χ3v) is 3.12. The summed E-state index contributed by atoms with van der Waals surface area (Å²) < 4.78 is 5.49. The van der Waals surface area contributed by atoms with Crippen LogP contribution in [0.2, 0.25) is 5.02 Å². The highest BCUT2D eigenvalue weighted by molar-refractivity contribution is 6.30. The first-order chi connectivity index (χ1) is 9.08. The average molecular weight is 325 g/mol. The van der Waals surface area contributed by atoms with E-state index < -0.39 is 0 Å². The van der Waals surface area contributed by atoms with Gasteiger partial charge in [0.1, 0.15) is 5.75 Å². The Hall–Kier alpha value is -0.640. The minimum absolute atomic E-state index is 0.0315. The molecule has 6 heteroatoms. The number of nitrogens with zero attached hydrogens (tertiary/aromatic N) is 1. The fraction of sp³-hybridized carbons (Fsp3) is 0.462. The van der Waals surface area contributed by atoms with Crippen LogP contribution in [-0.4, -0.2) is 42.3 Å². The molecule has 0 saturated carbocycles. The Labute approximate surface area is 128 Å². The van der Waals surface area contributed by atoms with Crippen molar-refractivity contribution >= 4 is 40.7 Å². The minimum atomic E-state index is -0.129. The van der Waals surface area contributed by atoms with E-state index in [4.69, 9.17) is 39.5 Å². The molecule has 1 rings (SSSR count). The third kappa shape index (κ3) is 5.47. The summed E-state index contributed by atoms with van der Waals surface area (Å²) in [7, 11) is 0. The molecule has 0 saturated heterocycles. The Morgan fingerprint density at radius 1 is 1.26 bits per heavy atom. The maximum atomic E-state index is 11.9. The quantitative estimate of drug-likeness (QED) is 0.720. The topological polar surface area (TPSA) is 29.5 Å². The highest BCUT2D eigenvalue weighted by atomic mass is 35.5. The molecule has 0 heterocycles. The first-order valence-corrected chi connectivity index (χ1v) is 7.32. The zero-order valence-corrected chi connectivity index (χ0v) is 12.9. The largest absolute Gasteiger partial charge is 0.483 e. The number of alkyl halides is 2. The molecule has 0 aliphatic rings.